The molecule has 21 heavy (non-hydrogen) atoms. The summed E-state index contributed by atoms with van der Waals surface area (Å²) in [4.78, 5) is 11.9. The smallest absolute Gasteiger partial charge is 0.297 e. The Bertz CT molecular complexity index is 773. The van der Waals surface area contributed by atoms with Gasteiger partial charge in [-0.2, -0.15) is 0 Å². The van der Waals surface area contributed by atoms with Gasteiger partial charge in [-0.3, -0.25) is 16.2 Å². The van der Waals surface area contributed by atoms with Gasteiger partial charge in [0.1, 0.15) is 5.00 Å². The Hall–Kier alpha value is -2.24. The number of amides is 2. The predicted octanol–water partition coefficient (Wildman–Crippen LogP) is 4.70. The van der Waals surface area contributed by atoms with Crippen molar-refractivity contribution in [2.45, 2.75) is 0 Å². The second kappa shape index (κ2) is 6.03. The fraction of sp³-hybridized carbons (Fsp3) is 0. The van der Waals surface area contributed by atoms with Crippen molar-refractivity contribution in [3.8, 4) is 0 Å². The summed E-state index contributed by atoms with van der Waals surface area (Å²) in [5.41, 5.74) is 6.19. The molecule has 0 saturated carbocycles. The highest BCUT2D eigenvalue weighted by molar-refractivity contribution is 7.23. The van der Waals surface area contributed by atoms with Crippen LogP contribution in [0.15, 0.2) is 54.6 Å². The van der Waals surface area contributed by atoms with Gasteiger partial charge in [-0.25, -0.2) is 4.79 Å². The van der Waals surface area contributed by atoms with E-state index >= 15 is 0 Å². The highest BCUT2D eigenvalue weighted by Crippen LogP contribution is 2.39. The van der Waals surface area contributed by atoms with E-state index in [0.29, 0.717) is 10.0 Å². The summed E-state index contributed by atoms with van der Waals surface area (Å²) in [6.07, 6.45) is 0. The first-order valence-electron chi connectivity index (χ1n) is 6.29. The van der Waals surface area contributed by atoms with Gasteiger partial charge in [0.15, 0.2) is 0 Å². The number of fused-ring (bicyclic) bond motifs is 1. The molecule has 3 N–H and O–H groups in total. The normalized spacial score (nSPS) is 10.3. The van der Waals surface area contributed by atoms with Crippen LogP contribution in [0.5, 0.6) is 0 Å². The van der Waals surface area contributed by atoms with Crippen molar-refractivity contribution in [3.63, 3.8) is 0 Å². The SMILES string of the molecule is O=C(NNc1ccccc1)Nc1sc2ccccc2c1Cl. The van der Waals surface area contributed by atoms with Crippen LogP contribution in [0, 0.1) is 0 Å². The van der Waals surface area contributed by atoms with E-state index in [0.717, 1.165) is 15.8 Å². The van der Waals surface area contributed by atoms with Crippen molar-refractivity contribution in [2.75, 3.05) is 10.7 Å². The van der Waals surface area contributed by atoms with Gasteiger partial charge >= 0.3 is 6.03 Å². The van der Waals surface area contributed by atoms with Gasteiger partial charge in [-0.15, -0.1) is 11.3 Å². The predicted molar refractivity (Wildman–Crippen MR) is 89.1 cm³/mol. The number of thiophene rings is 1. The Morgan fingerprint density at radius 2 is 1.71 bits per heavy atom. The molecule has 0 spiro atoms. The third kappa shape index (κ3) is 3.09. The summed E-state index contributed by atoms with van der Waals surface area (Å²) in [7, 11) is 0. The molecule has 0 atom stereocenters. The van der Waals surface area contributed by atoms with Gasteiger partial charge < -0.3 is 0 Å². The van der Waals surface area contributed by atoms with Crippen LogP contribution in [0.1, 0.15) is 0 Å². The molecule has 2 aromatic carbocycles. The first-order chi connectivity index (χ1) is 10.2. The molecular weight excluding hydrogens is 306 g/mol. The summed E-state index contributed by atoms with van der Waals surface area (Å²) < 4.78 is 1.04. The number of carbonyl (C=O) groups excluding carboxylic acids is 1. The third-order valence-electron chi connectivity index (χ3n) is 2.86. The number of carbonyl (C=O) groups is 1. The fourth-order valence-corrected chi connectivity index (χ4v) is 3.25. The minimum Gasteiger partial charge on any atom is -0.297 e. The van der Waals surface area contributed by atoms with Crippen molar-refractivity contribution in [2.24, 2.45) is 0 Å². The third-order valence-corrected chi connectivity index (χ3v) is 4.45. The number of hydrogen-bond donors (Lipinski definition) is 3. The quantitative estimate of drug-likeness (QED) is 0.613. The number of hydrogen-bond acceptors (Lipinski definition) is 3. The van der Waals surface area contributed by atoms with Crippen LogP contribution >= 0.6 is 22.9 Å². The highest BCUT2D eigenvalue weighted by atomic mass is 35.5. The number of halogens is 1. The van der Waals surface area contributed by atoms with Crippen molar-refractivity contribution in [3.05, 3.63) is 59.6 Å². The molecule has 106 valence electrons. The number of urea groups is 1. The number of para-hydroxylation sites is 1. The van der Waals surface area contributed by atoms with E-state index < -0.39 is 0 Å². The molecule has 0 aliphatic rings. The van der Waals surface area contributed by atoms with E-state index in [4.69, 9.17) is 11.6 Å². The van der Waals surface area contributed by atoms with Gasteiger partial charge in [0, 0.05) is 10.1 Å². The molecular formula is C15H12ClN3OS. The maximum atomic E-state index is 11.9. The average Bonchev–Trinajstić information content (AvgIpc) is 2.83. The Morgan fingerprint density at radius 1 is 1.00 bits per heavy atom. The zero-order valence-corrected chi connectivity index (χ0v) is 12.5. The summed E-state index contributed by atoms with van der Waals surface area (Å²) >= 11 is 7.71. The van der Waals surface area contributed by atoms with E-state index in [2.05, 4.69) is 16.2 Å². The lowest BCUT2D eigenvalue weighted by atomic mass is 10.3. The molecule has 3 aromatic rings. The zero-order chi connectivity index (χ0) is 14.7. The van der Waals surface area contributed by atoms with Crippen LogP contribution in [0.4, 0.5) is 15.5 Å². The van der Waals surface area contributed by atoms with Gasteiger partial charge in [0.25, 0.3) is 0 Å². The van der Waals surface area contributed by atoms with Gasteiger partial charge in [-0.05, 0) is 18.2 Å². The van der Waals surface area contributed by atoms with Gasteiger partial charge in [-0.1, -0.05) is 48.0 Å². The molecule has 3 rings (SSSR count). The molecule has 6 heteroatoms. The summed E-state index contributed by atoms with van der Waals surface area (Å²) in [5.74, 6) is 0. The van der Waals surface area contributed by atoms with E-state index in [1.54, 1.807) is 0 Å². The van der Waals surface area contributed by atoms with Crippen LogP contribution < -0.4 is 16.2 Å². The number of rotatable bonds is 3. The Labute approximate surface area is 130 Å². The summed E-state index contributed by atoms with van der Waals surface area (Å²) in [5, 5.41) is 4.87. The molecule has 0 aliphatic heterocycles. The molecule has 0 fully saturated rings. The van der Waals surface area contributed by atoms with E-state index in [-0.39, 0.29) is 6.03 Å². The fourth-order valence-electron chi connectivity index (χ4n) is 1.88. The molecule has 0 saturated heterocycles. The Kier molecular flexibility index (Phi) is 3.94. The maximum absolute atomic E-state index is 11.9. The van der Waals surface area contributed by atoms with Crippen LogP contribution in [-0.4, -0.2) is 6.03 Å². The molecule has 2 amide bonds. The van der Waals surface area contributed by atoms with Gasteiger partial charge in [0.2, 0.25) is 0 Å². The standard InChI is InChI=1S/C15H12ClN3OS/c16-13-11-8-4-5-9-12(11)21-14(13)17-15(20)19-18-10-6-2-1-3-7-10/h1-9,18H,(H2,17,19,20). The minimum absolute atomic E-state index is 0.368. The summed E-state index contributed by atoms with van der Waals surface area (Å²) in [6.45, 7) is 0. The molecule has 4 nitrogen and oxygen atoms in total. The first kappa shape index (κ1) is 13.7. The van der Waals surface area contributed by atoms with Crippen molar-refractivity contribution in [1.29, 1.82) is 0 Å². The van der Waals surface area contributed by atoms with Crippen LogP contribution in [-0.2, 0) is 0 Å². The van der Waals surface area contributed by atoms with E-state index in [1.165, 1.54) is 11.3 Å². The monoisotopic (exact) mass is 317 g/mol. The van der Waals surface area contributed by atoms with Crippen LogP contribution in [0.25, 0.3) is 10.1 Å². The molecule has 0 bridgehead atoms. The average molecular weight is 318 g/mol. The number of hydrazine groups is 1. The van der Waals surface area contributed by atoms with E-state index in [9.17, 15) is 4.79 Å². The lowest BCUT2D eigenvalue weighted by Gasteiger charge is -2.08. The maximum Gasteiger partial charge on any atom is 0.338 e. The lowest BCUT2D eigenvalue weighted by Crippen LogP contribution is -2.33. The second-order valence-corrected chi connectivity index (χ2v) is 5.74. The van der Waals surface area contributed by atoms with Crippen molar-refractivity contribution < 1.29 is 4.79 Å². The van der Waals surface area contributed by atoms with E-state index in [1.807, 2.05) is 54.6 Å². The number of benzene rings is 2. The minimum atomic E-state index is -0.368. The zero-order valence-electron chi connectivity index (χ0n) is 10.9. The van der Waals surface area contributed by atoms with Crippen molar-refractivity contribution in [1.82, 2.24) is 5.43 Å². The molecule has 1 heterocycles. The highest BCUT2D eigenvalue weighted by Gasteiger charge is 2.12. The second-order valence-electron chi connectivity index (χ2n) is 4.31. The van der Waals surface area contributed by atoms with Gasteiger partial charge in [0.05, 0.1) is 10.7 Å². The molecule has 1 aromatic heterocycles. The summed E-state index contributed by atoms with van der Waals surface area (Å²) in [6, 6.07) is 16.8. The molecule has 0 radical (unpaired) electrons. The largest absolute Gasteiger partial charge is 0.338 e. The number of nitrogens with one attached hydrogen (secondary N) is 3. The van der Waals surface area contributed by atoms with Crippen molar-refractivity contribution >= 4 is 49.7 Å². The van der Waals surface area contributed by atoms with Crippen LogP contribution in [0.3, 0.4) is 0 Å². The Balaban J connectivity index is 1.67. The number of anilines is 2. The molecule has 0 unspecified atom stereocenters. The topological polar surface area (TPSA) is 53.2 Å². The van der Waals surface area contributed by atoms with Crippen LogP contribution in [0.2, 0.25) is 5.02 Å². The first-order valence-corrected chi connectivity index (χ1v) is 7.48. The molecule has 0 aliphatic carbocycles. The Morgan fingerprint density at radius 3 is 2.48 bits per heavy atom. The lowest BCUT2D eigenvalue weighted by molar-refractivity contribution is 0.254.